The molecule has 9 heteroatoms. The Labute approximate surface area is 95.2 Å². The van der Waals surface area contributed by atoms with Gasteiger partial charge in [0, 0.05) is 18.1 Å². The molecular weight excluding hydrogens is 252 g/mol. The summed E-state index contributed by atoms with van der Waals surface area (Å²) < 4.78 is 23.3. The SMILES string of the molecule is Cc1[nH]c(=O)[nH]c(=O)c1S(=O)(=O)CCC(=O)[O-]. The van der Waals surface area contributed by atoms with E-state index in [1.165, 1.54) is 6.92 Å². The smallest absolute Gasteiger partial charge is 0.325 e. The van der Waals surface area contributed by atoms with E-state index in [1.807, 2.05) is 0 Å². The van der Waals surface area contributed by atoms with Gasteiger partial charge < -0.3 is 14.9 Å². The van der Waals surface area contributed by atoms with Crippen LogP contribution in [0.4, 0.5) is 0 Å². The predicted octanol–water partition coefficient (Wildman–Crippen LogP) is -2.71. The molecule has 1 aromatic heterocycles. The minimum absolute atomic E-state index is 0.128. The second-order valence-corrected chi connectivity index (χ2v) is 5.35. The zero-order chi connectivity index (χ0) is 13.2. The van der Waals surface area contributed by atoms with Gasteiger partial charge in [-0.05, 0) is 6.92 Å². The van der Waals surface area contributed by atoms with E-state index in [2.05, 4.69) is 4.98 Å². The van der Waals surface area contributed by atoms with Crippen molar-refractivity contribution in [3.05, 3.63) is 26.5 Å². The summed E-state index contributed by atoms with van der Waals surface area (Å²) in [6, 6.07) is 0. The summed E-state index contributed by atoms with van der Waals surface area (Å²) in [4.78, 5) is 35.6. The Hall–Kier alpha value is -1.90. The first-order valence-electron chi connectivity index (χ1n) is 4.50. The third-order valence-electron chi connectivity index (χ3n) is 1.96. The van der Waals surface area contributed by atoms with Crippen LogP contribution in [0.15, 0.2) is 14.5 Å². The van der Waals surface area contributed by atoms with E-state index in [0.29, 0.717) is 0 Å². The second-order valence-electron chi connectivity index (χ2n) is 3.30. The van der Waals surface area contributed by atoms with E-state index < -0.39 is 44.1 Å². The van der Waals surface area contributed by atoms with Gasteiger partial charge in [0.15, 0.2) is 14.7 Å². The van der Waals surface area contributed by atoms with Crippen LogP contribution in [0.3, 0.4) is 0 Å². The molecule has 8 nitrogen and oxygen atoms in total. The lowest BCUT2D eigenvalue weighted by molar-refractivity contribution is -0.305. The van der Waals surface area contributed by atoms with Gasteiger partial charge in [-0.3, -0.25) is 9.78 Å². The maximum absolute atomic E-state index is 11.7. The first kappa shape index (κ1) is 13.2. The molecule has 0 bridgehead atoms. The summed E-state index contributed by atoms with van der Waals surface area (Å²) in [5, 5.41) is 10.2. The lowest BCUT2D eigenvalue weighted by atomic mass is 10.4. The van der Waals surface area contributed by atoms with Gasteiger partial charge in [-0.2, -0.15) is 0 Å². The molecule has 0 fully saturated rings. The zero-order valence-electron chi connectivity index (χ0n) is 8.77. The number of aromatic amines is 2. The fraction of sp³-hybridized carbons (Fsp3) is 0.375. The van der Waals surface area contributed by atoms with Crippen LogP contribution in [0.25, 0.3) is 0 Å². The number of carboxylic acids is 1. The Morgan fingerprint density at radius 3 is 2.35 bits per heavy atom. The Kier molecular flexibility index (Phi) is 3.51. The van der Waals surface area contributed by atoms with Crippen LogP contribution < -0.4 is 16.4 Å². The van der Waals surface area contributed by atoms with Gasteiger partial charge in [-0.25, -0.2) is 13.2 Å². The van der Waals surface area contributed by atoms with Gasteiger partial charge in [0.25, 0.3) is 5.56 Å². The van der Waals surface area contributed by atoms with Crippen molar-refractivity contribution in [1.29, 1.82) is 0 Å². The number of sulfone groups is 1. The highest BCUT2D eigenvalue weighted by molar-refractivity contribution is 7.91. The minimum Gasteiger partial charge on any atom is -0.550 e. The highest BCUT2D eigenvalue weighted by Gasteiger charge is 2.21. The summed E-state index contributed by atoms with van der Waals surface area (Å²) in [6.07, 6.45) is -0.722. The molecule has 1 heterocycles. The Morgan fingerprint density at radius 1 is 1.29 bits per heavy atom. The summed E-state index contributed by atoms with van der Waals surface area (Å²) in [5.41, 5.74) is -2.02. The van der Waals surface area contributed by atoms with Crippen molar-refractivity contribution >= 4 is 15.8 Å². The molecule has 0 aliphatic rings. The molecule has 0 unspecified atom stereocenters. The predicted molar refractivity (Wildman–Crippen MR) is 54.1 cm³/mol. The van der Waals surface area contributed by atoms with E-state index in [4.69, 9.17) is 0 Å². The summed E-state index contributed by atoms with van der Waals surface area (Å²) in [5.74, 6) is -2.29. The summed E-state index contributed by atoms with van der Waals surface area (Å²) >= 11 is 0. The molecule has 94 valence electrons. The van der Waals surface area contributed by atoms with Crippen molar-refractivity contribution < 1.29 is 18.3 Å². The van der Waals surface area contributed by atoms with E-state index in [9.17, 15) is 27.9 Å². The second kappa shape index (κ2) is 4.53. The Bertz CT molecular complexity index is 653. The van der Waals surface area contributed by atoms with Crippen molar-refractivity contribution in [2.75, 3.05) is 5.75 Å². The number of carboxylic acid groups (broad SMARTS) is 1. The van der Waals surface area contributed by atoms with Gasteiger partial charge in [0.1, 0.15) is 0 Å². The summed E-state index contributed by atoms with van der Waals surface area (Å²) in [6.45, 7) is 1.24. The standard InChI is InChI=1S/C8H10N2O6S/c1-4-6(7(13)10-8(14)9-4)17(15,16)3-2-5(11)12/h2-3H2,1H3,(H,11,12)(H2,9,10,13,14)/p-1. The number of carbonyl (C=O) groups is 1. The van der Waals surface area contributed by atoms with Crippen LogP contribution in [0.5, 0.6) is 0 Å². The largest absolute Gasteiger partial charge is 0.550 e. The topological polar surface area (TPSA) is 140 Å². The van der Waals surface area contributed by atoms with E-state index in [-0.39, 0.29) is 5.69 Å². The maximum Gasteiger partial charge on any atom is 0.325 e. The monoisotopic (exact) mass is 261 g/mol. The fourth-order valence-electron chi connectivity index (χ4n) is 1.28. The highest BCUT2D eigenvalue weighted by atomic mass is 32.2. The van der Waals surface area contributed by atoms with Crippen LogP contribution in [-0.2, 0) is 14.6 Å². The molecule has 0 aromatic carbocycles. The van der Waals surface area contributed by atoms with Gasteiger partial charge >= 0.3 is 5.69 Å². The number of aromatic nitrogens is 2. The normalized spacial score (nSPS) is 11.4. The molecule has 0 radical (unpaired) electrons. The van der Waals surface area contributed by atoms with E-state index in [1.54, 1.807) is 4.98 Å². The zero-order valence-corrected chi connectivity index (χ0v) is 9.59. The molecule has 0 saturated carbocycles. The first-order valence-corrected chi connectivity index (χ1v) is 6.15. The van der Waals surface area contributed by atoms with Crippen molar-refractivity contribution in [2.45, 2.75) is 18.2 Å². The van der Waals surface area contributed by atoms with Crippen LogP contribution >= 0.6 is 0 Å². The van der Waals surface area contributed by atoms with Crippen molar-refractivity contribution in [1.82, 2.24) is 9.97 Å². The maximum atomic E-state index is 11.7. The van der Waals surface area contributed by atoms with Crippen molar-refractivity contribution in [3.8, 4) is 0 Å². The average Bonchev–Trinajstić information content (AvgIpc) is 2.12. The van der Waals surface area contributed by atoms with Crippen LogP contribution in [0.1, 0.15) is 12.1 Å². The first-order chi connectivity index (χ1) is 7.74. The molecule has 0 atom stereocenters. The lowest BCUT2D eigenvalue weighted by Gasteiger charge is -2.06. The minimum atomic E-state index is -4.07. The number of hydrogen-bond acceptors (Lipinski definition) is 6. The van der Waals surface area contributed by atoms with E-state index >= 15 is 0 Å². The third kappa shape index (κ3) is 3.03. The van der Waals surface area contributed by atoms with Crippen LogP contribution in [0, 0.1) is 6.92 Å². The molecule has 1 aromatic rings. The number of aryl methyl sites for hydroxylation is 1. The number of rotatable bonds is 4. The van der Waals surface area contributed by atoms with Crippen molar-refractivity contribution in [2.24, 2.45) is 0 Å². The van der Waals surface area contributed by atoms with Gasteiger partial charge in [0.05, 0.1) is 5.75 Å². The molecule has 0 amide bonds. The Balaban J connectivity index is 3.30. The molecule has 2 N–H and O–H groups in total. The molecular formula is C8H9N2O6S-. The van der Waals surface area contributed by atoms with Crippen molar-refractivity contribution in [3.63, 3.8) is 0 Å². The number of nitrogens with one attached hydrogen (secondary N) is 2. The number of carbonyl (C=O) groups excluding carboxylic acids is 1. The van der Waals surface area contributed by atoms with Gasteiger partial charge in [0.2, 0.25) is 0 Å². The number of hydrogen-bond donors (Lipinski definition) is 2. The Morgan fingerprint density at radius 2 is 1.88 bits per heavy atom. The number of aliphatic carboxylic acids is 1. The average molecular weight is 261 g/mol. The van der Waals surface area contributed by atoms with E-state index in [0.717, 1.165) is 0 Å². The molecule has 17 heavy (non-hydrogen) atoms. The van der Waals surface area contributed by atoms with Gasteiger partial charge in [-0.1, -0.05) is 0 Å². The fourth-order valence-corrected chi connectivity index (χ4v) is 2.77. The molecule has 1 rings (SSSR count). The van der Waals surface area contributed by atoms with Crippen LogP contribution in [0.2, 0.25) is 0 Å². The highest BCUT2D eigenvalue weighted by Crippen LogP contribution is 2.08. The molecule has 0 aliphatic heterocycles. The molecule has 0 aliphatic carbocycles. The lowest BCUT2D eigenvalue weighted by Crippen LogP contribution is -2.31. The number of H-pyrrole nitrogens is 2. The van der Waals surface area contributed by atoms with Crippen LogP contribution in [-0.4, -0.2) is 30.1 Å². The summed E-state index contributed by atoms with van der Waals surface area (Å²) in [7, 11) is -4.07. The quantitative estimate of drug-likeness (QED) is 0.603. The molecule has 0 saturated heterocycles. The third-order valence-corrected chi connectivity index (χ3v) is 3.82. The van der Waals surface area contributed by atoms with Gasteiger partial charge in [-0.15, -0.1) is 0 Å². The molecule has 0 spiro atoms.